The Labute approximate surface area is 124 Å². The summed E-state index contributed by atoms with van der Waals surface area (Å²) in [5, 5.41) is 9.04. The van der Waals surface area contributed by atoms with Crippen LogP contribution in [0.5, 0.6) is 5.88 Å². The third kappa shape index (κ3) is 4.04. The molecule has 0 saturated carbocycles. The third-order valence-electron chi connectivity index (χ3n) is 3.57. The molecule has 1 aliphatic heterocycles. The number of hydrogen-bond acceptors (Lipinski definition) is 6. The molecule has 2 heterocycles. The van der Waals surface area contributed by atoms with Crippen LogP contribution in [0, 0.1) is 0 Å². The van der Waals surface area contributed by atoms with Gasteiger partial charge in [-0.05, 0) is 13.3 Å². The molecule has 0 aliphatic carbocycles. The van der Waals surface area contributed by atoms with Crippen molar-refractivity contribution in [3.8, 4) is 5.88 Å². The first-order valence-electron chi connectivity index (χ1n) is 7.29. The van der Waals surface area contributed by atoms with Gasteiger partial charge in [0, 0.05) is 38.4 Å². The largest absolute Gasteiger partial charge is 0.480 e. The number of rotatable bonds is 6. The zero-order valence-electron chi connectivity index (χ0n) is 12.5. The van der Waals surface area contributed by atoms with Crippen LogP contribution in [0.1, 0.15) is 20.3 Å². The lowest BCUT2D eigenvalue weighted by Gasteiger charge is -2.36. The van der Waals surface area contributed by atoms with Gasteiger partial charge < -0.3 is 14.7 Å². The Morgan fingerprint density at radius 2 is 2.14 bits per heavy atom. The lowest BCUT2D eigenvalue weighted by Crippen LogP contribution is -2.52. The highest BCUT2D eigenvalue weighted by molar-refractivity contribution is 5.72. The number of carbonyl (C=O) groups is 1. The Morgan fingerprint density at radius 1 is 1.43 bits per heavy atom. The number of nitrogens with zero attached hydrogens (tertiary/aromatic N) is 4. The lowest BCUT2D eigenvalue weighted by atomic mass is 10.2. The second-order valence-electron chi connectivity index (χ2n) is 5.08. The summed E-state index contributed by atoms with van der Waals surface area (Å²) < 4.78 is 5.51. The van der Waals surface area contributed by atoms with E-state index >= 15 is 0 Å². The quantitative estimate of drug-likeness (QED) is 0.833. The van der Waals surface area contributed by atoms with E-state index in [-0.39, 0.29) is 0 Å². The Morgan fingerprint density at radius 3 is 2.76 bits per heavy atom. The lowest BCUT2D eigenvalue weighted by molar-refractivity contribution is -0.142. The topological polar surface area (TPSA) is 78.8 Å². The average molecular weight is 294 g/mol. The van der Waals surface area contributed by atoms with Gasteiger partial charge >= 0.3 is 5.97 Å². The fraction of sp³-hybridized carbons (Fsp3) is 0.643. The molecular weight excluding hydrogens is 272 g/mol. The molecule has 7 heteroatoms. The van der Waals surface area contributed by atoms with Crippen LogP contribution in [0.25, 0.3) is 0 Å². The van der Waals surface area contributed by atoms with Gasteiger partial charge in [-0.1, -0.05) is 6.92 Å². The van der Waals surface area contributed by atoms with Gasteiger partial charge in [-0.3, -0.25) is 9.69 Å². The summed E-state index contributed by atoms with van der Waals surface area (Å²) in [5.41, 5.74) is 0. The number of aromatic nitrogens is 2. The van der Waals surface area contributed by atoms with Crippen molar-refractivity contribution in [2.45, 2.75) is 26.3 Å². The molecule has 0 radical (unpaired) electrons. The molecule has 0 amide bonds. The van der Waals surface area contributed by atoms with Crippen molar-refractivity contribution in [1.29, 1.82) is 0 Å². The molecule has 0 bridgehead atoms. The minimum absolute atomic E-state index is 0.452. The van der Waals surface area contributed by atoms with Gasteiger partial charge in [0.1, 0.15) is 6.04 Å². The zero-order chi connectivity index (χ0) is 15.2. The van der Waals surface area contributed by atoms with Crippen LogP contribution in [-0.2, 0) is 4.79 Å². The molecule has 1 atom stereocenters. The summed E-state index contributed by atoms with van der Waals surface area (Å²) in [5.74, 6) is 0.448. The molecular formula is C14H22N4O3. The molecule has 0 aromatic carbocycles. The van der Waals surface area contributed by atoms with Crippen LogP contribution < -0.4 is 9.64 Å². The van der Waals surface area contributed by atoms with Crippen molar-refractivity contribution in [2.24, 2.45) is 0 Å². The van der Waals surface area contributed by atoms with E-state index in [0.29, 0.717) is 31.5 Å². The van der Waals surface area contributed by atoms with Crippen molar-refractivity contribution < 1.29 is 14.6 Å². The fourth-order valence-corrected chi connectivity index (χ4v) is 2.24. The molecule has 1 saturated heterocycles. The number of carboxylic acid groups (broad SMARTS) is 1. The molecule has 21 heavy (non-hydrogen) atoms. The molecule has 116 valence electrons. The first-order valence-corrected chi connectivity index (χ1v) is 7.29. The van der Waals surface area contributed by atoms with Crippen molar-refractivity contribution in [1.82, 2.24) is 14.9 Å². The SMILES string of the molecule is CCCOc1ccnc(N2CCN(C(C)C(=O)O)CC2)n1. The number of hydrogen-bond donors (Lipinski definition) is 1. The second kappa shape index (κ2) is 7.21. The van der Waals surface area contributed by atoms with Crippen molar-refractivity contribution in [3.63, 3.8) is 0 Å². The summed E-state index contributed by atoms with van der Waals surface area (Å²) >= 11 is 0. The van der Waals surface area contributed by atoms with E-state index in [2.05, 4.69) is 14.9 Å². The summed E-state index contributed by atoms with van der Waals surface area (Å²) in [7, 11) is 0. The molecule has 1 aromatic heterocycles. The first kappa shape index (κ1) is 15.5. The van der Waals surface area contributed by atoms with Crippen LogP contribution in [0.4, 0.5) is 5.95 Å². The number of ether oxygens (including phenoxy) is 1. The predicted octanol–water partition coefficient (Wildman–Crippen LogP) is 0.860. The normalized spacial score (nSPS) is 17.5. The van der Waals surface area contributed by atoms with E-state index in [9.17, 15) is 4.79 Å². The van der Waals surface area contributed by atoms with E-state index in [4.69, 9.17) is 9.84 Å². The van der Waals surface area contributed by atoms with Crippen LogP contribution in [0.15, 0.2) is 12.3 Å². The molecule has 1 fully saturated rings. The monoisotopic (exact) mass is 294 g/mol. The number of anilines is 1. The standard InChI is InChI=1S/C14H22N4O3/c1-3-10-21-12-4-5-15-14(16-12)18-8-6-17(7-9-18)11(2)13(19)20/h4-5,11H,3,6-10H2,1-2H3,(H,19,20). The Kier molecular flexibility index (Phi) is 5.32. The number of piperazine rings is 1. The van der Waals surface area contributed by atoms with Gasteiger partial charge in [-0.15, -0.1) is 0 Å². The van der Waals surface area contributed by atoms with E-state index in [1.165, 1.54) is 0 Å². The average Bonchev–Trinajstić information content (AvgIpc) is 2.52. The maximum Gasteiger partial charge on any atom is 0.320 e. The van der Waals surface area contributed by atoms with Gasteiger partial charge in [0.05, 0.1) is 6.61 Å². The zero-order valence-corrected chi connectivity index (χ0v) is 12.5. The maximum atomic E-state index is 11.0. The first-order chi connectivity index (χ1) is 10.1. The molecule has 2 rings (SSSR count). The van der Waals surface area contributed by atoms with Gasteiger partial charge in [-0.25, -0.2) is 4.98 Å². The fourth-order valence-electron chi connectivity index (χ4n) is 2.24. The Hall–Kier alpha value is -1.89. The van der Waals surface area contributed by atoms with Crippen molar-refractivity contribution in [2.75, 3.05) is 37.7 Å². The molecule has 1 aromatic rings. The summed E-state index contributed by atoms with van der Waals surface area (Å²) in [6, 6.07) is 1.30. The van der Waals surface area contributed by atoms with E-state index < -0.39 is 12.0 Å². The molecule has 7 nitrogen and oxygen atoms in total. The number of aliphatic carboxylic acids is 1. The van der Waals surface area contributed by atoms with E-state index in [1.54, 1.807) is 19.2 Å². The highest BCUT2D eigenvalue weighted by Gasteiger charge is 2.26. The highest BCUT2D eigenvalue weighted by Crippen LogP contribution is 2.16. The van der Waals surface area contributed by atoms with Crippen molar-refractivity contribution >= 4 is 11.9 Å². The smallest absolute Gasteiger partial charge is 0.320 e. The Bertz CT molecular complexity index is 475. The third-order valence-corrected chi connectivity index (χ3v) is 3.57. The molecule has 1 unspecified atom stereocenters. The minimum Gasteiger partial charge on any atom is -0.480 e. The van der Waals surface area contributed by atoms with Crippen LogP contribution in [0.2, 0.25) is 0 Å². The summed E-state index contributed by atoms with van der Waals surface area (Å²) in [4.78, 5) is 23.7. The highest BCUT2D eigenvalue weighted by atomic mass is 16.5. The van der Waals surface area contributed by atoms with E-state index in [0.717, 1.165) is 19.5 Å². The van der Waals surface area contributed by atoms with E-state index in [1.807, 2.05) is 11.8 Å². The van der Waals surface area contributed by atoms with Crippen LogP contribution in [-0.4, -0.2) is 64.8 Å². The molecule has 1 N–H and O–H groups in total. The van der Waals surface area contributed by atoms with Crippen molar-refractivity contribution in [3.05, 3.63) is 12.3 Å². The minimum atomic E-state index is -0.783. The van der Waals surface area contributed by atoms with Crippen LogP contribution in [0.3, 0.4) is 0 Å². The van der Waals surface area contributed by atoms with Gasteiger partial charge in [-0.2, -0.15) is 4.98 Å². The Balaban J connectivity index is 1.94. The summed E-state index contributed by atoms with van der Waals surface area (Å²) in [6.07, 6.45) is 2.63. The second-order valence-corrected chi connectivity index (χ2v) is 5.08. The molecule has 1 aliphatic rings. The van der Waals surface area contributed by atoms with Gasteiger partial charge in [0.25, 0.3) is 0 Å². The predicted molar refractivity (Wildman–Crippen MR) is 78.7 cm³/mol. The van der Waals surface area contributed by atoms with Gasteiger partial charge in [0.15, 0.2) is 0 Å². The summed E-state index contributed by atoms with van der Waals surface area (Å²) in [6.45, 7) is 7.22. The molecule has 0 spiro atoms. The maximum absolute atomic E-state index is 11.0. The van der Waals surface area contributed by atoms with Crippen LogP contribution >= 0.6 is 0 Å². The number of carboxylic acids is 1. The van der Waals surface area contributed by atoms with Gasteiger partial charge in [0.2, 0.25) is 11.8 Å².